The van der Waals surface area contributed by atoms with E-state index in [1.54, 1.807) is 66.2 Å². The Balaban J connectivity index is 1.32. The van der Waals surface area contributed by atoms with E-state index < -0.39 is 20.0 Å². The molecular weight excluding hydrogens is 514 g/mol. The minimum absolute atomic E-state index is 0.0176. The second-order valence-corrected chi connectivity index (χ2v) is 13.8. The number of sulfonamides is 2. The van der Waals surface area contributed by atoms with Crippen molar-refractivity contribution in [2.24, 2.45) is 0 Å². The van der Waals surface area contributed by atoms with Crippen molar-refractivity contribution in [1.82, 2.24) is 13.6 Å². The summed E-state index contributed by atoms with van der Waals surface area (Å²) in [4.78, 5) is 4.30. The summed E-state index contributed by atoms with van der Waals surface area (Å²) in [6.07, 6.45) is 7.06. The third kappa shape index (κ3) is 6.45. The van der Waals surface area contributed by atoms with Crippen LogP contribution in [0.5, 0.6) is 11.5 Å². The average Bonchev–Trinajstić information content (AvgIpc) is 3.34. The van der Waals surface area contributed by atoms with E-state index in [2.05, 4.69) is 4.98 Å². The molecule has 11 heteroatoms. The average molecular weight is 552 g/mol. The summed E-state index contributed by atoms with van der Waals surface area (Å²) in [5.74, 6) is 1.39. The van der Waals surface area contributed by atoms with Gasteiger partial charge < -0.3 is 9.47 Å². The number of pyridine rings is 1. The van der Waals surface area contributed by atoms with Crippen LogP contribution in [0.2, 0.25) is 0 Å². The van der Waals surface area contributed by atoms with Gasteiger partial charge in [0.1, 0.15) is 17.6 Å². The molecule has 0 N–H and O–H groups in total. The van der Waals surface area contributed by atoms with Crippen molar-refractivity contribution in [3.63, 3.8) is 0 Å². The molecule has 0 bridgehead atoms. The van der Waals surface area contributed by atoms with Crippen molar-refractivity contribution in [2.45, 2.75) is 69.4 Å². The third-order valence-corrected chi connectivity index (χ3v) is 11.5. The Bertz CT molecular complexity index is 1250. The predicted octanol–water partition coefficient (Wildman–Crippen LogP) is 3.51. The minimum atomic E-state index is -3.69. The molecule has 2 aliphatic heterocycles. The summed E-state index contributed by atoms with van der Waals surface area (Å²) in [5, 5.41) is 0. The van der Waals surface area contributed by atoms with Gasteiger partial charge in [-0.2, -0.15) is 4.31 Å². The molecule has 4 rings (SSSR count). The Labute approximate surface area is 220 Å². The zero-order valence-electron chi connectivity index (χ0n) is 21.8. The quantitative estimate of drug-likeness (QED) is 0.445. The number of methoxy groups -OCH3 is 1. The second-order valence-electron chi connectivity index (χ2n) is 9.86. The summed E-state index contributed by atoms with van der Waals surface area (Å²) in [5.41, 5.74) is 1.31. The molecule has 37 heavy (non-hydrogen) atoms. The first-order valence-electron chi connectivity index (χ1n) is 12.8. The molecule has 204 valence electrons. The highest BCUT2D eigenvalue weighted by Gasteiger charge is 2.37. The van der Waals surface area contributed by atoms with Crippen LogP contribution >= 0.6 is 0 Å². The third-order valence-electron chi connectivity index (χ3n) is 7.25. The van der Waals surface area contributed by atoms with Gasteiger partial charge in [0.2, 0.25) is 20.0 Å². The van der Waals surface area contributed by atoms with Gasteiger partial charge in [0.15, 0.2) is 0 Å². The van der Waals surface area contributed by atoms with Gasteiger partial charge in [0.25, 0.3) is 0 Å². The van der Waals surface area contributed by atoms with Crippen molar-refractivity contribution in [3.05, 3.63) is 47.8 Å². The van der Waals surface area contributed by atoms with Crippen molar-refractivity contribution >= 4 is 20.0 Å². The van der Waals surface area contributed by atoms with E-state index in [9.17, 15) is 16.8 Å². The molecular formula is C26H37N3O6S2. The number of ether oxygens (including phenoxy) is 2. The predicted molar refractivity (Wildman–Crippen MR) is 142 cm³/mol. The molecule has 2 saturated heterocycles. The van der Waals surface area contributed by atoms with Gasteiger partial charge in [-0.3, -0.25) is 4.98 Å². The topological polar surface area (TPSA) is 106 Å². The summed E-state index contributed by atoms with van der Waals surface area (Å²) in [7, 11) is -5.54. The summed E-state index contributed by atoms with van der Waals surface area (Å²) >= 11 is 0. The molecule has 0 amide bonds. The highest BCUT2D eigenvalue weighted by Crippen LogP contribution is 2.33. The van der Waals surface area contributed by atoms with Crippen molar-refractivity contribution in [3.8, 4) is 11.5 Å². The highest BCUT2D eigenvalue weighted by atomic mass is 32.2. The summed E-state index contributed by atoms with van der Waals surface area (Å²) in [6, 6.07) is 6.88. The van der Waals surface area contributed by atoms with Crippen LogP contribution in [0.25, 0.3) is 0 Å². The molecule has 0 aliphatic carbocycles. The lowest BCUT2D eigenvalue weighted by atomic mass is 10.1. The van der Waals surface area contributed by atoms with Crippen LogP contribution in [0.15, 0.2) is 41.6 Å². The van der Waals surface area contributed by atoms with Gasteiger partial charge in [0, 0.05) is 38.1 Å². The molecule has 2 fully saturated rings. The van der Waals surface area contributed by atoms with Crippen LogP contribution in [-0.4, -0.2) is 75.1 Å². The highest BCUT2D eigenvalue weighted by molar-refractivity contribution is 7.89. The number of benzene rings is 1. The van der Waals surface area contributed by atoms with Gasteiger partial charge in [0.05, 0.1) is 17.8 Å². The van der Waals surface area contributed by atoms with Gasteiger partial charge in [-0.15, -0.1) is 0 Å². The fourth-order valence-electron chi connectivity index (χ4n) is 5.43. The molecule has 2 aromatic rings. The second kappa shape index (κ2) is 11.7. The lowest BCUT2D eigenvalue weighted by Gasteiger charge is -2.31. The maximum atomic E-state index is 13.6. The minimum Gasteiger partial charge on any atom is -0.497 e. The first kappa shape index (κ1) is 27.8. The van der Waals surface area contributed by atoms with Crippen LogP contribution in [0.4, 0.5) is 0 Å². The van der Waals surface area contributed by atoms with E-state index in [0.29, 0.717) is 67.1 Å². The zero-order valence-corrected chi connectivity index (χ0v) is 23.4. The van der Waals surface area contributed by atoms with Crippen LogP contribution in [0.3, 0.4) is 0 Å². The Morgan fingerprint density at radius 1 is 0.946 bits per heavy atom. The van der Waals surface area contributed by atoms with E-state index in [-0.39, 0.29) is 17.9 Å². The van der Waals surface area contributed by atoms with Gasteiger partial charge in [-0.05, 0) is 87.8 Å². The number of hydrogen-bond acceptors (Lipinski definition) is 7. The van der Waals surface area contributed by atoms with E-state index in [1.807, 2.05) is 0 Å². The largest absolute Gasteiger partial charge is 0.497 e. The molecule has 1 atom stereocenters. The van der Waals surface area contributed by atoms with Crippen LogP contribution in [-0.2, 0) is 20.0 Å². The smallest absolute Gasteiger partial charge is 0.243 e. The maximum absolute atomic E-state index is 13.6. The van der Waals surface area contributed by atoms with E-state index in [4.69, 9.17) is 9.47 Å². The Kier molecular flexibility index (Phi) is 8.77. The summed E-state index contributed by atoms with van der Waals surface area (Å²) in [6.45, 7) is 4.88. The van der Waals surface area contributed by atoms with Gasteiger partial charge in [-0.25, -0.2) is 21.1 Å². The number of nitrogens with zero attached hydrogens (tertiary/aromatic N) is 3. The SMILES string of the molecule is COc1cc(C)c(S(=O)(=O)N2CCC[C@H]2CCCS(=O)(=O)N2CCC(Oc3ccncc3)CC2)c(C)c1. The van der Waals surface area contributed by atoms with E-state index in [1.165, 1.54) is 0 Å². The van der Waals surface area contributed by atoms with Crippen molar-refractivity contribution < 1.29 is 26.3 Å². The molecule has 9 nitrogen and oxygen atoms in total. The van der Waals surface area contributed by atoms with Crippen molar-refractivity contribution in [2.75, 3.05) is 32.5 Å². The molecule has 3 heterocycles. The lowest BCUT2D eigenvalue weighted by molar-refractivity contribution is 0.135. The standard InChI is InChI=1S/C26H37N3O6S2/c1-20-18-25(34-3)19-21(2)26(20)37(32,33)29-14-4-6-22(29)7-5-17-36(30,31)28-15-10-24(11-16-28)35-23-8-12-27-13-9-23/h8-9,12-13,18-19,22,24H,4-7,10-11,14-17H2,1-3H3/t22-/m0/s1. The molecule has 0 unspecified atom stereocenters. The summed E-state index contributed by atoms with van der Waals surface area (Å²) < 4.78 is 67.6. The number of piperidine rings is 1. The molecule has 1 aromatic carbocycles. The molecule has 0 saturated carbocycles. The fraction of sp³-hybridized carbons (Fsp3) is 0.577. The van der Waals surface area contributed by atoms with Crippen LogP contribution < -0.4 is 9.47 Å². The molecule has 0 spiro atoms. The van der Waals surface area contributed by atoms with Crippen LogP contribution in [0, 0.1) is 13.8 Å². The first-order chi connectivity index (χ1) is 17.6. The molecule has 0 radical (unpaired) electrons. The maximum Gasteiger partial charge on any atom is 0.243 e. The fourth-order valence-corrected chi connectivity index (χ4v) is 9.13. The monoisotopic (exact) mass is 551 g/mol. The number of hydrogen-bond donors (Lipinski definition) is 0. The van der Waals surface area contributed by atoms with E-state index in [0.717, 1.165) is 18.6 Å². The number of aryl methyl sites for hydroxylation is 2. The first-order valence-corrected chi connectivity index (χ1v) is 15.9. The van der Waals surface area contributed by atoms with Gasteiger partial charge >= 0.3 is 0 Å². The Morgan fingerprint density at radius 3 is 2.22 bits per heavy atom. The normalized spacial score (nSPS) is 20.2. The molecule has 2 aliphatic rings. The zero-order chi connectivity index (χ0) is 26.6. The lowest BCUT2D eigenvalue weighted by Crippen LogP contribution is -2.43. The van der Waals surface area contributed by atoms with E-state index >= 15 is 0 Å². The molecule has 1 aromatic heterocycles. The van der Waals surface area contributed by atoms with Crippen molar-refractivity contribution in [1.29, 1.82) is 0 Å². The van der Waals surface area contributed by atoms with Gasteiger partial charge in [-0.1, -0.05) is 0 Å². The van der Waals surface area contributed by atoms with Crippen LogP contribution in [0.1, 0.15) is 49.7 Å². The Morgan fingerprint density at radius 2 is 1.59 bits per heavy atom. The number of rotatable bonds is 10. The Hall–Kier alpha value is -2.21. The number of aromatic nitrogens is 1.